The van der Waals surface area contributed by atoms with Crippen molar-refractivity contribution in [1.82, 2.24) is 14.5 Å². The van der Waals surface area contributed by atoms with Crippen LogP contribution in [0.4, 0.5) is 0 Å². The molecule has 0 bridgehead atoms. The largest absolute Gasteiger partial charge is 0.395 e. The molecule has 1 amide bonds. The zero-order chi connectivity index (χ0) is 15.9. The topological polar surface area (TPSA) is 94.0 Å². The lowest BCUT2D eigenvalue weighted by atomic mass is 10.1. The van der Waals surface area contributed by atoms with Gasteiger partial charge in [0.2, 0.25) is 0 Å². The first-order valence-corrected chi connectivity index (χ1v) is 8.04. The van der Waals surface area contributed by atoms with Crippen molar-refractivity contribution in [2.24, 2.45) is 5.73 Å². The average molecular weight is 316 g/mol. The molecule has 0 saturated heterocycles. The molecule has 3 N–H and O–H groups in total. The van der Waals surface area contributed by atoms with Crippen LogP contribution in [0.1, 0.15) is 16.2 Å². The fraction of sp³-hybridized carbons (Fsp3) is 0.267. The van der Waals surface area contributed by atoms with E-state index in [1.807, 2.05) is 35.9 Å². The molecule has 0 aliphatic carbocycles. The number of thioether (sulfide) groups is 1. The molecular weight excluding hydrogens is 300 g/mol. The summed E-state index contributed by atoms with van der Waals surface area (Å²) < 4.78 is 2.00. The lowest BCUT2D eigenvalue weighted by Gasteiger charge is -2.10. The van der Waals surface area contributed by atoms with E-state index in [0.717, 1.165) is 16.6 Å². The van der Waals surface area contributed by atoms with Gasteiger partial charge in [-0.05, 0) is 25.3 Å². The summed E-state index contributed by atoms with van der Waals surface area (Å²) >= 11 is 1.36. The number of primary amides is 1. The maximum Gasteiger partial charge on any atom is 0.268 e. The second kappa shape index (κ2) is 5.58. The lowest BCUT2D eigenvalue weighted by molar-refractivity contribution is 0.0996. The van der Waals surface area contributed by atoms with Gasteiger partial charge in [-0.25, -0.2) is 9.97 Å². The Morgan fingerprint density at radius 3 is 2.82 bits per heavy atom. The van der Waals surface area contributed by atoms with E-state index in [-0.39, 0.29) is 12.3 Å². The molecule has 1 aromatic carbocycles. The Bertz CT molecular complexity index is 888. The highest BCUT2D eigenvalue weighted by Crippen LogP contribution is 2.29. The van der Waals surface area contributed by atoms with Gasteiger partial charge in [0.05, 0.1) is 17.6 Å². The van der Waals surface area contributed by atoms with Gasteiger partial charge in [0, 0.05) is 23.0 Å². The molecule has 0 fully saturated rings. The van der Waals surface area contributed by atoms with E-state index in [9.17, 15) is 9.90 Å². The van der Waals surface area contributed by atoms with Crippen LogP contribution in [-0.2, 0) is 6.54 Å². The number of aliphatic hydroxyl groups is 1. The minimum atomic E-state index is -0.570. The van der Waals surface area contributed by atoms with Gasteiger partial charge in [0.15, 0.2) is 5.16 Å². The van der Waals surface area contributed by atoms with Crippen LogP contribution in [0.25, 0.3) is 21.8 Å². The SMILES string of the molecule is CSc1nc(C(N)=O)c2ccc3cc(C)n(CCO)c3c2n1. The number of aliphatic hydroxyl groups excluding tert-OH is 1. The van der Waals surface area contributed by atoms with Gasteiger partial charge in [-0.15, -0.1) is 0 Å². The highest BCUT2D eigenvalue weighted by atomic mass is 32.2. The van der Waals surface area contributed by atoms with E-state index < -0.39 is 5.91 Å². The zero-order valence-corrected chi connectivity index (χ0v) is 13.1. The standard InChI is InChI=1S/C15H16N4O2S/c1-8-7-9-3-4-10-11(13(9)19(8)5-6-20)17-15(22-2)18-12(10)14(16)21/h3-4,7,20H,5-6H2,1-2H3,(H2,16,21). The highest BCUT2D eigenvalue weighted by molar-refractivity contribution is 7.98. The van der Waals surface area contributed by atoms with Gasteiger partial charge in [-0.3, -0.25) is 4.79 Å². The number of rotatable bonds is 4. The summed E-state index contributed by atoms with van der Waals surface area (Å²) in [4.78, 5) is 20.5. The Balaban J connectivity index is 2.49. The van der Waals surface area contributed by atoms with Crippen LogP contribution in [0.2, 0.25) is 0 Å². The molecule has 2 heterocycles. The van der Waals surface area contributed by atoms with Crippen molar-refractivity contribution >= 4 is 39.5 Å². The van der Waals surface area contributed by atoms with Crippen molar-refractivity contribution in [3.63, 3.8) is 0 Å². The van der Waals surface area contributed by atoms with Gasteiger partial charge in [-0.1, -0.05) is 17.8 Å². The monoisotopic (exact) mass is 316 g/mol. The number of aryl methyl sites for hydroxylation is 1. The van der Waals surface area contributed by atoms with E-state index in [1.54, 1.807) is 0 Å². The number of fused-ring (bicyclic) bond motifs is 3. The maximum atomic E-state index is 11.7. The van der Waals surface area contributed by atoms with Gasteiger partial charge in [0.1, 0.15) is 5.69 Å². The number of nitrogens with zero attached hydrogens (tertiary/aromatic N) is 3. The van der Waals surface area contributed by atoms with E-state index in [4.69, 9.17) is 5.73 Å². The third kappa shape index (κ3) is 2.22. The first-order valence-electron chi connectivity index (χ1n) is 6.82. The predicted octanol–water partition coefficient (Wildman–Crippen LogP) is 1.71. The van der Waals surface area contributed by atoms with Crippen LogP contribution in [0.5, 0.6) is 0 Å². The number of nitrogens with two attached hydrogens (primary N) is 1. The van der Waals surface area contributed by atoms with Crippen molar-refractivity contribution < 1.29 is 9.90 Å². The Morgan fingerprint density at radius 2 is 2.18 bits per heavy atom. The molecule has 114 valence electrons. The molecule has 0 radical (unpaired) electrons. The number of benzene rings is 1. The molecular formula is C15H16N4O2S. The number of aromatic nitrogens is 3. The normalized spacial score (nSPS) is 11.4. The van der Waals surface area contributed by atoms with E-state index in [1.165, 1.54) is 11.8 Å². The Morgan fingerprint density at radius 1 is 1.41 bits per heavy atom. The Kier molecular flexibility index (Phi) is 3.76. The molecule has 3 rings (SSSR count). The molecule has 0 aliphatic heterocycles. The second-order valence-electron chi connectivity index (χ2n) is 4.98. The van der Waals surface area contributed by atoms with Gasteiger partial charge < -0.3 is 15.4 Å². The zero-order valence-electron chi connectivity index (χ0n) is 12.3. The third-order valence-corrected chi connectivity index (χ3v) is 4.20. The predicted molar refractivity (Wildman–Crippen MR) is 87.2 cm³/mol. The summed E-state index contributed by atoms with van der Waals surface area (Å²) in [6, 6.07) is 5.78. The molecule has 6 nitrogen and oxygen atoms in total. The first kappa shape index (κ1) is 14.8. The van der Waals surface area contributed by atoms with Crippen molar-refractivity contribution in [2.45, 2.75) is 18.6 Å². The molecule has 3 aromatic rings. The quantitative estimate of drug-likeness (QED) is 0.564. The number of hydrogen-bond acceptors (Lipinski definition) is 5. The van der Waals surface area contributed by atoms with E-state index in [0.29, 0.717) is 22.6 Å². The van der Waals surface area contributed by atoms with Crippen LogP contribution in [0.3, 0.4) is 0 Å². The molecule has 0 unspecified atom stereocenters. The number of carbonyl (C=O) groups excluding carboxylic acids is 1. The fourth-order valence-electron chi connectivity index (χ4n) is 2.72. The highest BCUT2D eigenvalue weighted by Gasteiger charge is 2.17. The van der Waals surface area contributed by atoms with Crippen LogP contribution in [0.15, 0.2) is 23.4 Å². The minimum absolute atomic E-state index is 0.0319. The summed E-state index contributed by atoms with van der Waals surface area (Å²) in [6.07, 6.45) is 1.85. The average Bonchev–Trinajstić information content (AvgIpc) is 2.82. The van der Waals surface area contributed by atoms with Crippen LogP contribution in [0, 0.1) is 6.92 Å². The van der Waals surface area contributed by atoms with Crippen LogP contribution in [-0.4, -0.2) is 38.4 Å². The number of hydrogen-bond donors (Lipinski definition) is 2. The Labute approximate surface area is 131 Å². The maximum absolute atomic E-state index is 11.7. The summed E-state index contributed by atoms with van der Waals surface area (Å²) in [5.74, 6) is -0.570. The summed E-state index contributed by atoms with van der Waals surface area (Å²) in [5.41, 5.74) is 8.30. The molecule has 0 saturated carbocycles. The Hall–Kier alpha value is -2.12. The van der Waals surface area contributed by atoms with Gasteiger partial charge in [0.25, 0.3) is 5.91 Å². The molecule has 0 spiro atoms. The number of carbonyl (C=O) groups is 1. The summed E-state index contributed by atoms with van der Waals surface area (Å²) in [7, 11) is 0. The third-order valence-electron chi connectivity index (χ3n) is 3.65. The van der Waals surface area contributed by atoms with Gasteiger partial charge in [-0.2, -0.15) is 0 Å². The fourth-order valence-corrected chi connectivity index (χ4v) is 3.09. The van der Waals surface area contributed by atoms with Crippen LogP contribution >= 0.6 is 11.8 Å². The van der Waals surface area contributed by atoms with Crippen molar-refractivity contribution in [3.05, 3.63) is 29.6 Å². The van der Waals surface area contributed by atoms with Crippen molar-refractivity contribution in [3.8, 4) is 0 Å². The second-order valence-corrected chi connectivity index (χ2v) is 5.76. The minimum Gasteiger partial charge on any atom is -0.395 e. The van der Waals surface area contributed by atoms with Crippen molar-refractivity contribution in [1.29, 1.82) is 0 Å². The lowest BCUT2D eigenvalue weighted by Crippen LogP contribution is -2.15. The molecule has 7 heteroatoms. The first-order chi connectivity index (χ1) is 10.6. The van der Waals surface area contributed by atoms with Crippen molar-refractivity contribution in [2.75, 3.05) is 12.9 Å². The molecule has 0 aliphatic rings. The van der Waals surface area contributed by atoms with Crippen LogP contribution < -0.4 is 5.73 Å². The molecule has 22 heavy (non-hydrogen) atoms. The smallest absolute Gasteiger partial charge is 0.268 e. The molecule has 0 atom stereocenters. The summed E-state index contributed by atoms with van der Waals surface area (Å²) in [5, 5.41) is 11.5. The molecule has 2 aromatic heterocycles. The summed E-state index contributed by atoms with van der Waals surface area (Å²) in [6.45, 7) is 2.48. The van der Waals surface area contributed by atoms with Gasteiger partial charge >= 0.3 is 0 Å². The number of amides is 1. The van der Waals surface area contributed by atoms with E-state index >= 15 is 0 Å². The van der Waals surface area contributed by atoms with E-state index in [2.05, 4.69) is 9.97 Å².